The van der Waals surface area contributed by atoms with Gasteiger partial charge >= 0.3 is 0 Å². The second-order valence-corrected chi connectivity index (χ2v) is 9.23. The van der Waals surface area contributed by atoms with Crippen molar-refractivity contribution < 1.29 is 13.2 Å². The number of rotatable bonds is 2. The monoisotopic (exact) mass is 418 g/mol. The third-order valence-electron chi connectivity index (χ3n) is 3.91. The van der Waals surface area contributed by atoms with E-state index in [9.17, 15) is 13.2 Å². The molecule has 7 nitrogen and oxygen atoms in total. The second-order valence-electron chi connectivity index (χ2n) is 5.70. The van der Waals surface area contributed by atoms with E-state index in [1.54, 1.807) is 6.92 Å². The molecule has 0 bridgehead atoms. The van der Waals surface area contributed by atoms with Crippen molar-refractivity contribution in [3.8, 4) is 0 Å². The fourth-order valence-electron chi connectivity index (χ4n) is 2.52. The summed E-state index contributed by atoms with van der Waals surface area (Å²) in [4.78, 5) is 16.8. The summed E-state index contributed by atoms with van der Waals surface area (Å²) in [5.41, 5.74) is 1.43. The quantitative estimate of drug-likeness (QED) is 0.386. The van der Waals surface area contributed by atoms with Gasteiger partial charge in [0.05, 0.1) is 5.92 Å². The molecule has 1 amide bonds. The molecular formula is C14H15ClN4O3S3. The van der Waals surface area contributed by atoms with E-state index in [0.717, 1.165) is 10.6 Å². The summed E-state index contributed by atoms with van der Waals surface area (Å²) in [5.74, 6) is 4.67. The maximum absolute atomic E-state index is 12.7. The van der Waals surface area contributed by atoms with Crippen LogP contribution in [0, 0.1) is 12.8 Å². The average Bonchev–Trinajstić information content (AvgIpc) is 2.88. The lowest BCUT2D eigenvalue weighted by atomic mass is 10.00. The van der Waals surface area contributed by atoms with Crippen molar-refractivity contribution in [1.29, 1.82) is 0 Å². The van der Waals surface area contributed by atoms with E-state index in [1.165, 1.54) is 23.9 Å². The molecular weight excluding hydrogens is 404 g/mol. The van der Waals surface area contributed by atoms with E-state index in [2.05, 4.69) is 22.3 Å². The van der Waals surface area contributed by atoms with Gasteiger partial charge in [-0.2, -0.15) is 0 Å². The number of sulfonamides is 1. The standard InChI is InChI=1S/C14H15ClN4O3S3/c1-6-3-10(9(23)4-8(6)15)25(21,22)18-14-17-12-11(7(2)5-24-12)13(20)19(14)16/h3-5,11-12,23H,16H2,1-2H3,(H,17,18). The summed E-state index contributed by atoms with van der Waals surface area (Å²) in [6, 6.07) is 2.84. The Kier molecular flexibility index (Phi) is 4.84. The number of hydrogen-bond donors (Lipinski definition) is 3. The van der Waals surface area contributed by atoms with Crippen molar-refractivity contribution in [2.45, 2.75) is 29.0 Å². The number of amides is 1. The minimum atomic E-state index is -4.04. The number of halogens is 1. The number of hydrazine groups is 1. The predicted molar refractivity (Wildman–Crippen MR) is 101 cm³/mol. The van der Waals surface area contributed by atoms with E-state index in [-0.39, 0.29) is 15.8 Å². The summed E-state index contributed by atoms with van der Waals surface area (Å²) in [7, 11) is -4.04. The van der Waals surface area contributed by atoms with Crippen LogP contribution < -0.4 is 10.6 Å². The molecule has 2 aliphatic rings. The third-order valence-corrected chi connectivity index (χ3v) is 7.37. The van der Waals surface area contributed by atoms with Gasteiger partial charge in [0.25, 0.3) is 15.9 Å². The van der Waals surface area contributed by atoms with E-state index < -0.39 is 27.2 Å². The summed E-state index contributed by atoms with van der Waals surface area (Å²) < 4.78 is 27.7. The van der Waals surface area contributed by atoms with Gasteiger partial charge < -0.3 is 0 Å². The van der Waals surface area contributed by atoms with Crippen molar-refractivity contribution in [3.05, 3.63) is 33.7 Å². The number of fused-ring (bicyclic) bond motifs is 1. The summed E-state index contributed by atoms with van der Waals surface area (Å²) in [6.45, 7) is 3.50. The third kappa shape index (κ3) is 3.28. The molecule has 1 aromatic rings. The highest BCUT2D eigenvalue weighted by atomic mass is 35.5. The lowest BCUT2D eigenvalue weighted by Gasteiger charge is -2.30. The number of aliphatic imine (C=N–C) groups is 1. The van der Waals surface area contributed by atoms with Gasteiger partial charge in [-0.1, -0.05) is 17.2 Å². The number of hydrogen-bond acceptors (Lipinski definition) is 7. The molecule has 2 aliphatic heterocycles. The number of guanidine groups is 1. The Morgan fingerprint density at radius 3 is 2.76 bits per heavy atom. The predicted octanol–water partition coefficient (Wildman–Crippen LogP) is 1.88. The molecule has 3 rings (SSSR count). The van der Waals surface area contributed by atoms with Crippen molar-refractivity contribution in [2.75, 3.05) is 0 Å². The van der Waals surface area contributed by atoms with Crippen molar-refractivity contribution in [2.24, 2.45) is 16.8 Å². The van der Waals surface area contributed by atoms with Crippen LogP contribution in [0.1, 0.15) is 12.5 Å². The van der Waals surface area contributed by atoms with Gasteiger partial charge in [-0.15, -0.1) is 24.4 Å². The van der Waals surface area contributed by atoms with Gasteiger partial charge in [-0.05, 0) is 37.0 Å². The molecule has 0 fully saturated rings. The first kappa shape index (κ1) is 18.6. The van der Waals surface area contributed by atoms with Gasteiger partial charge in [-0.25, -0.2) is 29.0 Å². The number of thiol groups is 1. The number of aryl methyl sites for hydroxylation is 1. The first-order valence-corrected chi connectivity index (χ1v) is 10.4. The lowest BCUT2D eigenvalue weighted by molar-refractivity contribution is -0.131. The molecule has 1 aromatic carbocycles. The molecule has 0 radical (unpaired) electrons. The van der Waals surface area contributed by atoms with E-state index in [0.29, 0.717) is 10.6 Å². The number of carbonyl (C=O) groups is 1. The Balaban J connectivity index is 1.95. The highest BCUT2D eigenvalue weighted by Crippen LogP contribution is 2.39. The van der Waals surface area contributed by atoms with Crippen LogP contribution >= 0.6 is 36.0 Å². The molecule has 3 N–H and O–H groups in total. The topological polar surface area (TPSA) is 105 Å². The zero-order chi connectivity index (χ0) is 18.5. The van der Waals surface area contributed by atoms with Crippen LogP contribution in [0.15, 0.2) is 37.9 Å². The second kappa shape index (κ2) is 6.51. The number of nitrogens with zero attached hydrogens (tertiary/aromatic N) is 2. The number of thioether (sulfide) groups is 1. The minimum absolute atomic E-state index is 0.0724. The van der Waals surface area contributed by atoms with Crippen LogP contribution in [0.2, 0.25) is 5.02 Å². The van der Waals surface area contributed by atoms with Crippen LogP contribution in [-0.4, -0.2) is 30.7 Å². The molecule has 11 heteroatoms. The molecule has 0 saturated heterocycles. The number of benzene rings is 1. The zero-order valence-corrected chi connectivity index (χ0v) is 16.5. The van der Waals surface area contributed by atoms with Gasteiger partial charge in [0.2, 0.25) is 5.96 Å². The van der Waals surface area contributed by atoms with Crippen LogP contribution in [0.5, 0.6) is 0 Å². The molecule has 0 aliphatic carbocycles. The smallest absolute Gasteiger partial charge is 0.265 e. The Hall–Kier alpha value is -1.20. The molecule has 0 spiro atoms. The molecule has 2 heterocycles. The van der Waals surface area contributed by atoms with Crippen molar-refractivity contribution >= 4 is 57.9 Å². The Labute approximate surface area is 160 Å². The molecule has 2 atom stereocenters. The summed E-state index contributed by atoms with van der Waals surface area (Å²) in [5, 5.41) is 2.55. The van der Waals surface area contributed by atoms with Gasteiger partial charge in [0.15, 0.2) is 0 Å². The maximum Gasteiger partial charge on any atom is 0.265 e. The largest absolute Gasteiger partial charge is 0.272 e. The molecule has 25 heavy (non-hydrogen) atoms. The van der Waals surface area contributed by atoms with Crippen LogP contribution in [-0.2, 0) is 14.8 Å². The van der Waals surface area contributed by atoms with Gasteiger partial charge in [0, 0.05) is 9.92 Å². The minimum Gasteiger partial charge on any atom is -0.272 e. The molecule has 0 saturated carbocycles. The van der Waals surface area contributed by atoms with E-state index in [4.69, 9.17) is 17.4 Å². The maximum atomic E-state index is 12.7. The van der Waals surface area contributed by atoms with Crippen LogP contribution in [0.4, 0.5) is 0 Å². The molecule has 0 aromatic heterocycles. The summed E-state index contributed by atoms with van der Waals surface area (Å²) >= 11 is 11.5. The Bertz CT molecular complexity index is 929. The highest BCUT2D eigenvalue weighted by Gasteiger charge is 2.42. The van der Waals surface area contributed by atoms with Gasteiger partial charge in [-0.3, -0.25) is 4.79 Å². The summed E-state index contributed by atoms with van der Waals surface area (Å²) in [6.07, 6.45) is 0. The SMILES string of the molecule is CC1=CSC2N=C(NS(=O)(=O)c3cc(C)c(Cl)cc3S)N(N)C(=O)C12. The van der Waals surface area contributed by atoms with Crippen LogP contribution in [0.3, 0.4) is 0 Å². The lowest BCUT2D eigenvalue weighted by Crippen LogP contribution is -2.57. The van der Waals surface area contributed by atoms with Crippen molar-refractivity contribution in [3.63, 3.8) is 0 Å². The molecule has 134 valence electrons. The number of nitrogens with one attached hydrogen (secondary N) is 1. The fraction of sp³-hybridized carbons (Fsp3) is 0.286. The Morgan fingerprint density at radius 1 is 1.40 bits per heavy atom. The van der Waals surface area contributed by atoms with Gasteiger partial charge in [0.1, 0.15) is 10.3 Å². The first-order chi connectivity index (χ1) is 11.6. The van der Waals surface area contributed by atoms with Crippen LogP contribution in [0.25, 0.3) is 0 Å². The normalized spacial score (nSPS) is 23.2. The van der Waals surface area contributed by atoms with E-state index >= 15 is 0 Å². The highest BCUT2D eigenvalue weighted by molar-refractivity contribution is 8.03. The Morgan fingerprint density at radius 2 is 2.08 bits per heavy atom. The average molecular weight is 419 g/mol. The number of carbonyl (C=O) groups excluding carboxylic acids is 1. The first-order valence-electron chi connectivity index (χ1n) is 7.12. The fourth-order valence-corrected chi connectivity index (χ4v) is 5.63. The van der Waals surface area contributed by atoms with Crippen molar-refractivity contribution in [1.82, 2.24) is 9.73 Å². The molecule has 2 unspecified atom stereocenters. The zero-order valence-electron chi connectivity index (χ0n) is 13.2. The van der Waals surface area contributed by atoms with E-state index in [1.807, 2.05) is 12.3 Å². The number of nitrogens with two attached hydrogens (primary N) is 1.